The van der Waals surface area contributed by atoms with Gasteiger partial charge in [-0.3, -0.25) is 4.79 Å². The zero-order valence-corrected chi connectivity index (χ0v) is 17.7. The maximum absolute atomic E-state index is 13.1. The van der Waals surface area contributed by atoms with Crippen LogP contribution in [0.1, 0.15) is 40.7 Å². The predicted octanol–water partition coefficient (Wildman–Crippen LogP) is 4.64. The topological polar surface area (TPSA) is 64.7 Å². The molecule has 0 atom stereocenters. The first-order valence-corrected chi connectivity index (χ1v) is 10.1. The highest BCUT2D eigenvalue weighted by molar-refractivity contribution is 6.04. The number of aryl methyl sites for hydroxylation is 2. The molecule has 1 aliphatic rings. The number of rotatable bonds is 4. The fraction of sp³-hybridized carbons (Fsp3) is 0.391. The monoisotopic (exact) mass is 394 g/mol. The van der Waals surface area contributed by atoms with Gasteiger partial charge in [-0.05, 0) is 62.4 Å². The van der Waals surface area contributed by atoms with Crippen LogP contribution in [0.25, 0.3) is 0 Å². The summed E-state index contributed by atoms with van der Waals surface area (Å²) >= 11 is 0. The van der Waals surface area contributed by atoms with Gasteiger partial charge in [-0.25, -0.2) is 4.79 Å². The van der Waals surface area contributed by atoms with Crippen molar-refractivity contribution < 1.29 is 9.59 Å². The second-order valence-electron chi connectivity index (χ2n) is 7.83. The van der Waals surface area contributed by atoms with Crippen LogP contribution in [0.3, 0.4) is 0 Å². The van der Waals surface area contributed by atoms with Crippen LogP contribution in [0.4, 0.5) is 21.9 Å². The number of amides is 3. The van der Waals surface area contributed by atoms with Crippen molar-refractivity contribution in [1.82, 2.24) is 4.90 Å². The van der Waals surface area contributed by atoms with Crippen molar-refractivity contribution in [3.8, 4) is 0 Å². The zero-order valence-electron chi connectivity index (χ0n) is 17.7. The van der Waals surface area contributed by atoms with Crippen LogP contribution in [0.2, 0.25) is 0 Å². The first kappa shape index (κ1) is 20.7. The lowest BCUT2D eigenvalue weighted by Crippen LogP contribution is -2.36. The Morgan fingerprint density at radius 3 is 2.21 bits per heavy atom. The summed E-state index contributed by atoms with van der Waals surface area (Å²) in [6, 6.07) is 11.0. The third-order valence-corrected chi connectivity index (χ3v) is 5.33. The van der Waals surface area contributed by atoms with Gasteiger partial charge in [0.1, 0.15) is 0 Å². The van der Waals surface area contributed by atoms with Gasteiger partial charge in [0.15, 0.2) is 0 Å². The van der Waals surface area contributed by atoms with Gasteiger partial charge >= 0.3 is 6.03 Å². The Labute approximate surface area is 172 Å². The van der Waals surface area contributed by atoms with Crippen LogP contribution in [0.15, 0.2) is 36.4 Å². The van der Waals surface area contributed by atoms with Crippen molar-refractivity contribution in [3.05, 3.63) is 53.1 Å². The van der Waals surface area contributed by atoms with Gasteiger partial charge in [-0.2, -0.15) is 0 Å². The number of para-hydroxylation sites is 1. The Bertz CT molecular complexity index is 881. The number of carbonyl (C=O) groups is 2. The van der Waals surface area contributed by atoms with Crippen LogP contribution in [-0.2, 0) is 0 Å². The lowest BCUT2D eigenvalue weighted by molar-refractivity contribution is 0.0725. The summed E-state index contributed by atoms with van der Waals surface area (Å²) < 4.78 is 0. The van der Waals surface area contributed by atoms with Crippen LogP contribution in [0, 0.1) is 13.8 Å². The van der Waals surface area contributed by atoms with E-state index in [1.807, 2.05) is 68.1 Å². The van der Waals surface area contributed by atoms with E-state index in [1.54, 1.807) is 6.07 Å². The van der Waals surface area contributed by atoms with Crippen molar-refractivity contribution in [3.63, 3.8) is 0 Å². The van der Waals surface area contributed by atoms with Gasteiger partial charge in [0.25, 0.3) is 5.91 Å². The van der Waals surface area contributed by atoms with Crippen LogP contribution < -0.4 is 15.5 Å². The molecule has 0 radical (unpaired) electrons. The number of anilines is 3. The average molecular weight is 395 g/mol. The predicted molar refractivity (Wildman–Crippen MR) is 119 cm³/mol. The van der Waals surface area contributed by atoms with Crippen molar-refractivity contribution in [2.24, 2.45) is 0 Å². The van der Waals surface area contributed by atoms with E-state index in [2.05, 4.69) is 10.6 Å². The molecule has 1 heterocycles. The number of nitrogens with zero attached hydrogens (tertiary/aromatic N) is 2. The molecule has 2 aromatic rings. The number of likely N-dealkylation sites (tertiary alicyclic amines) is 1. The average Bonchev–Trinajstić information content (AvgIpc) is 2.70. The van der Waals surface area contributed by atoms with Gasteiger partial charge in [0.2, 0.25) is 0 Å². The number of urea groups is 1. The first-order chi connectivity index (χ1) is 13.9. The maximum atomic E-state index is 13.1. The molecule has 154 valence electrons. The largest absolute Gasteiger partial charge is 0.377 e. The van der Waals surface area contributed by atoms with E-state index in [4.69, 9.17) is 0 Å². The summed E-state index contributed by atoms with van der Waals surface area (Å²) in [6.45, 7) is 5.50. The van der Waals surface area contributed by atoms with Crippen LogP contribution >= 0.6 is 0 Å². The number of carbonyl (C=O) groups excluding carboxylic acids is 2. The summed E-state index contributed by atoms with van der Waals surface area (Å²) in [5.41, 5.74) is 4.87. The number of nitrogens with one attached hydrogen (secondary N) is 2. The molecule has 0 bridgehead atoms. The van der Waals surface area contributed by atoms with E-state index in [-0.39, 0.29) is 11.9 Å². The minimum atomic E-state index is -0.323. The third-order valence-electron chi connectivity index (χ3n) is 5.33. The Kier molecular flexibility index (Phi) is 6.42. The highest BCUT2D eigenvalue weighted by Crippen LogP contribution is 2.26. The molecule has 0 spiro atoms. The smallest absolute Gasteiger partial charge is 0.323 e. The molecule has 0 aliphatic carbocycles. The van der Waals surface area contributed by atoms with Crippen molar-refractivity contribution in [1.29, 1.82) is 0 Å². The maximum Gasteiger partial charge on any atom is 0.323 e. The van der Waals surface area contributed by atoms with Crippen molar-refractivity contribution in [2.75, 3.05) is 42.7 Å². The lowest BCUT2D eigenvalue weighted by Gasteiger charge is -2.28. The molecule has 3 rings (SSSR count). The quantitative estimate of drug-likeness (QED) is 0.794. The normalized spacial score (nSPS) is 13.7. The molecule has 6 nitrogen and oxygen atoms in total. The summed E-state index contributed by atoms with van der Waals surface area (Å²) in [5, 5.41) is 5.79. The number of hydrogen-bond acceptors (Lipinski definition) is 3. The van der Waals surface area contributed by atoms with Gasteiger partial charge in [-0.15, -0.1) is 0 Å². The molecule has 1 aliphatic heterocycles. The van der Waals surface area contributed by atoms with E-state index in [1.165, 1.54) is 6.42 Å². The van der Waals surface area contributed by atoms with E-state index in [0.29, 0.717) is 11.3 Å². The van der Waals surface area contributed by atoms with Gasteiger partial charge < -0.3 is 20.4 Å². The van der Waals surface area contributed by atoms with Crippen molar-refractivity contribution >= 4 is 29.0 Å². The van der Waals surface area contributed by atoms with Crippen LogP contribution in [-0.4, -0.2) is 44.0 Å². The Morgan fingerprint density at radius 1 is 0.931 bits per heavy atom. The highest BCUT2D eigenvalue weighted by Gasteiger charge is 2.22. The number of hydrogen-bond donors (Lipinski definition) is 2. The van der Waals surface area contributed by atoms with E-state index in [0.717, 1.165) is 48.4 Å². The zero-order chi connectivity index (χ0) is 21.0. The third kappa shape index (κ3) is 4.88. The molecule has 3 amide bonds. The molecule has 29 heavy (non-hydrogen) atoms. The Balaban J connectivity index is 1.81. The molecule has 6 heteroatoms. The fourth-order valence-corrected chi connectivity index (χ4v) is 3.73. The molecule has 0 aromatic heterocycles. The van der Waals surface area contributed by atoms with Gasteiger partial charge in [0.05, 0.1) is 5.56 Å². The molecule has 2 N–H and O–H groups in total. The minimum absolute atomic E-state index is 0.0206. The summed E-state index contributed by atoms with van der Waals surface area (Å²) in [4.78, 5) is 29.5. The van der Waals surface area contributed by atoms with Crippen LogP contribution in [0.5, 0.6) is 0 Å². The minimum Gasteiger partial charge on any atom is -0.377 e. The van der Waals surface area contributed by atoms with E-state index >= 15 is 0 Å². The summed E-state index contributed by atoms with van der Waals surface area (Å²) in [7, 11) is 3.84. The Hall–Kier alpha value is -3.02. The Morgan fingerprint density at radius 2 is 1.59 bits per heavy atom. The molecule has 0 unspecified atom stereocenters. The fourth-order valence-electron chi connectivity index (χ4n) is 3.73. The molecule has 2 aromatic carbocycles. The van der Waals surface area contributed by atoms with Gasteiger partial charge in [-0.1, -0.05) is 18.2 Å². The molecule has 0 saturated carbocycles. The van der Waals surface area contributed by atoms with Crippen molar-refractivity contribution in [2.45, 2.75) is 33.1 Å². The SMILES string of the molecule is Cc1cccc(C)c1NC(=O)Nc1ccc(N(C)C)c(C(=O)N2CCCCC2)c1. The first-order valence-electron chi connectivity index (χ1n) is 10.1. The van der Waals surface area contributed by atoms with Gasteiger partial charge in [0, 0.05) is 44.2 Å². The summed E-state index contributed by atoms with van der Waals surface area (Å²) in [6.07, 6.45) is 3.25. The standard InChI is InChI=1S/C23H30N4O2/c1-16-9-8-10-17(2)21(16)25-23(29)24-18-11-12-20(26(3)4)19(15-18)22(28)27-13-6-5-7-14-27/h8-12,15H,5-7,13-14H2,1-4H3,(H2,24,25,29). The van der Waals surface area contributed by atoms with E-state index < -0.39 is 0 Å². The summed E-state index contributed by atoms with van der Waals surface area (Å²) in [5.74, 6) is 0.0206. The lowest BCUT2D eigenvalue weighted by atomic mass is 10.1. The molecular weight excluding hydrogens is 364 g/mol. The van der Waals surface area contributed by atoms with E-state index in [9.17, 15) is 9.59 Å². The highest BCUT2D eigenvalue weighted by atomic mass is 16.2. The number of benzene rings is 2. The second-order valence-corrected chi connectivity index (χ2v) is 7.83. The molecule has 1 fully saturated rings. The molecular formula is C23H30N4O2. The molecule has 1 saturated heterocycles. The number of piperidine rings is 1. The second kappa shape index (κ2) is 8.99.